The minimum atomic E-state index is 0.585. The standard InChI is InChI=1S/C21H30N4O2/c1-2-4-6-19(5-3-1)22-15-20-23-24-21(27-20)18-9-7-17(8-10-18)16-25-11-13-26-14-12-25/h7-10,19,22H,1-6,11-16H2. The Bertz CT molecular complexity index is 686. The fourth-order valence-corrected chi connectivity index (χ4v) is 3.93. The van der Waals surface area contributed by atoms with E-state index in [0.717, 1.165) is 38.4 Å². The fraction of sp³-hybridized carbons (Fsp3) is 0.619. The van der Waals surface area contributed by atoms with Gasteiger partial charge in [0, 0.05) is 31.2 Å². The molecule has 2 aliphatic rings. The average Bonchev–Trinajstić information content (AvgIpc) is 3.03. The van der Waals surface area contributed by atoms with Crippen LogP contribution >= 0.6 is 0 Å². The van der Waals surface area contributed by atoms with Crippen molar-refractivity contribution in [1.82, 2.24) is 20.4 Å². The molecule has 0 spiro atoms. The molecule has 1 N–H and O–H groups in total. The van der Waals surface area contributed by atoms with Gasteiger partial charge in [0.15, 0.2) is 0 Å². The summed E-state index contributed by atoms with van der Waals surface area (Å²) in [6, 6.07) is 9.04. The lowest BCUT2D eigenvalue weighted by Gasteiger charge is -2.26. The van der Waals surface area contributed by atoms with Crippen molar-refractivity contribution in [3.8, 4) is 11.5 Å². The van der Waals surface area contributed by atoms with Gasteiger partial charge in [-0.25, -0.2) is 0 Å². The first-order valence-electron chi connectivity index (χ1n) is 10.3. The van der Waals surface area contributed by atoms with Crippen LogP contribution in [0.4, 0.5) is 0 Å². The predicted molar refractivity (Wildman–Crippen MR) is 104 cm³/mol. The van der Waals surface area contributed by atoms with Crippen molar-refractivity contribution < 1.29 is 9.15 Å². The molecule has 2 heterocycles. The molecule has 1 saturated heterocycles. The maximum Gasteiger partial charge on any atom is 0.247 e. The molecule has 0 atom stereocenters. The topological polar surface area (TPSA) is 63.4 Å². The van der Waals surface area contributed by atoms with Crippen molar-refractivity contribution in [3.05, 3.63) is 35.7 Å². The van der Waals surface area contributed by atoms with E-state index < -0.39 is 0 Å². The highest BCUT2D eigenvalue weighted by molar-refractivity contribution is 5.52. The molecular formula is C21H30N4O2. The van der Waals surface area contributed by atoms with Gasteiger partial charge in [0.2, 0.25) is 11.8 Å². The molecule has 1 aliphatic carbocycles. The van der Waals surface area contributed by atoms with Crippen molar-refractivity contribution in [1.29, 1.82) is 0 Å². The van der Waals surface area contributed by atoms with Crippen LogP contribution in [0.1, 0.15) is 50.0 Å². The lowest BCUT2D eigenvalue weighted by Crippen LogP contribution is -2.35. The van der Waals surface area contributed by atoms with Crippen LogP contribution in [0.2, 0.25) is 0 Å². The first-order chi connectivity index (χ1) is 13.4. The number of hydrogen-bond acceptors (Lipinski definition) is 6. The van der Waals surface area contributed by atoms with E-state index >= 15 is 0 Å². The van der Waals surface area contributed by atoms with Gasteiger partial charge in [0.1, 0.15) is 0 Å². The summed E-state index contributed by atoms with van der Waals surface area (Å²) in [5.41, 5.74) is 2.28. The third kappa shape index (κ3) is 5.37. The first kappa shape index (κ1) is 18.6. The van der Waals surface area contributed by atoms with Gasteiger partial charge in [0.25, 0.3) is 0 Å². The van der Waals surface area contributed by atoms with Crippen LogP contribution < -0.4 is 5.32 Å². The molecule has 1 aliphatic heterocycles. The maximum absolute atomic E-state index is 5.87. The second-order valence-electron chi connectivity index (χ2n) is 7.66. The SMILES string of the molecule is c1cc(-c2nnc(CNC3CCCCCC3)o2)ccc1CN1CCOCC1. The third-order valence-corrected chi connectivity index (χ3v) is 5.57. The van der Waals surface area contributed by atoms with E-state index in [-0.39, 0.29) is 0 Å². The van der Waals surface area contributed by atoms with Gasteiger partial charge in [0.05, 0.1) is 19.8 Å². The van der Waals surface area contributed by atoms with Crippen molar-refractivity contribution in [2.75, 3.05) is 26.3 Å². The molecule has 4 rings (SSSR count). The number of benzene rings is 1. The first-order valence-corrected chi connectivity index (χ1v) is 10.3. The summed E-state index contributed by atoms with van der Waals surface area (Å²) < 4.78 is 11.3. The van der Waals surface area contributed by atoms with E-state index in [1.807, 2.05) is 0 Å². The molecule has 1 saturated carbocycles. The van der Waals surface area contributed by atoms with Gasteiger partial charge in [-0.15, -0.1) is 10.2 Å². The number of rotatable bonds is 6. The zero-order valence-electron chi connectivity index (χ0n) is 16.0. The molecule has 0 amide bonds. The predicted octanol–water partition coefficient (Wildman–Crippen LogP) is 3.38. The molecule has 2 fully saturated rings. The van der Waals surface area contributed by atoms with E-state index in [9.17, 15) is 0 Å². The molecule has 1 aromatic heterocycles. The highest BCUT2D eigenvalue weighted by atomic mass is 16.5. The third-order valence-electron chi connectivity index (χ3n) is 5.57. The van der Waals surface area contributed by atoms with Gasteiger partial charge >= 0.3 is 0 Å². The van der Waals surface area contributed by atoms with Crippen LogP contribution in [0, 0.1) is 0 Å². The van der Waals surface area contributed by atoms with E-state index in [1.165, 1.54) is 44.1 Å². The van der Waals surface area contributed by atoms with Crippen molar-refractivity contribution in [3.63, 3.8) is 0 Å². The van der Waals surface area contributed by atoms with Gasteiger partial charge < -0.3 is 14.5 Å². The van der Waals surface area contributed by atoms with Gasteiger partial charge in [-0.3, -0.25) is 4.90 Å². The summed E-state index contributed by atoms with van der Waals surface area (Å²) in [4.78, 5) is 2.42. The normalized spacial score (nSPS) is 19.9. The minimum absolute atomic E-state index is 0.585. The number of morpholine rings is 1. The number of nitrogens with one attached hydrogen (secondary N) is 1. The second kappa shape index (κ2) is 9.44. The van der Waals surface area contributed by atoms with E-state index in [4.69, 9.17) is 9.15 Å². The van der Waals surface area contributed by atoms with E-state index in [2.05, 4.69) is 44.7 Å². The van der Waals surface area contributed by atoms with Crippen molar-refractivity contribution in [2.24, 2.45) is 0 Å². The molecule has 0 unspecified atom stereocenters. The van der Waals surface area contributed by atoms with Crippen LogP contribution in [0.3, 0.4) is 0 Å². The smallest absolute Gasteiger partial charge is 0.247 e. The van der Waals surface area contributed by atoms with Crippen molar-refractivity contribution in [2.45, 2.75) is 57.7 Å². The van der Waals surface area contributed by atoms with Crippen LogP contribution in [-0.2, 0) is 17.8 Å². The number of nitrogens with zero attached hydrogens (tertiary/aromatic N) is 3. The molecular weight excluding hydrogens is 340 g/mol. The summed E-state index contributed by atoms with van der Waals surface area (Å²) >= 11 is 0. The van der Waals surface area contributed by atoms with Crippen LogP contribution in [0.15, 0.2) is 28.7 Å². The van der Waals surface area contributed by atoms with E-state index in [0.29, 0.717) is 24.4 Å². The molecule has 1 aromatic carbocycles. The molecule has 0 bridgehead atoms. The zero-order chi connectivity index (χ0) is 18.3. The Morgan fingerprint density at radius 2 is 1.70 bits per heavy atom. The van der Waals surface area contributed by atoms with E-state index in [1.54, 1.807) is 0 Å². The Balaban J connectivity index is 1.30. The number of ether oxygens (including phenoxy) is 1. The van der Waals surface area contributed by atoms with Gasteiger partial charge in [-0.05, 0) is 30.5 Å². The molecule has 146 valence electrons. The number of hydrogen-bond donors (Lipinski definition) is 1. The Hall–Kier alpha value is -1.76. The average molecular weight is 370 g/mol. The fourth-order valence-electron chi connectivity index (χ4n) is 3.93. The summed E-state index contributed by atoms with van der Waals surface area (Å²) in [5, 5.41) is 12.0. The molecule has 6 heteroatoms. The quantitative estimate of drug-likeness (QED) is 0.787. The maximum atomic E-state index is 5.87. The second-order valence-corrected chi connectivity index (χ2v) is 7.66. The Labute approximate surface area is 161 Å². The lowest BCUT2D eigenvalue weighted by molar-refractivity contribution is 0.0342. The Kier molecular flexibility index (Phi) is 6.50. The Morgan fingerprint density at radius 3 is 2.44 bits per heavy atom. The summed E-state index contributed by atoms with van der Waals surface area (Å²) in [6.45, 7) is 5.29. The highest BCUT2D eigenvalue weighted by Crippen LogP contribution is 2.20. The highest BCUT2D eigenvalue weighted by Gasteiger charge is 2.15. The Morgan fingerprint density at radius 1 is 0.963 bits per heavy atom. The molecule has 2 aromatic rings. The summed E-state index contributed by atoms with van der Waals surface area (Å²) in [5.74, 6) is 1.28. The molecule has 0 radical (unpaired) electrons. The zero-order valence-corrected chi connectivity index (χ0v) is 16.0. The summed E-state index contributed by atoms with van der Waals surface area (Å²) in [7, 11) is 0. The van der Waals surface area contributed by atoms with Crippen LogP contribution in [0.5, 0.6) is 0 Å². The van der Waals surface area contributed by atoms with Gasteiger partial charge in [-0.1, -0.05) is 37.8 Å². The van der Waals surface area contributed by atoms with Crippen molar-refractivity contribution >= 4 is 0 Å². The lowest BCUT2D eigenvalue weighted by atomic mass is 10.1. The molecule has 27 heavy (non-hydrogen) atoms. The monoisotopic (exact) mass is 370 g/mol. The minimum Gasteiger partial charge on any atom is -0.419 e. The summed E-state index contributed by atoms with van der Waals surface area (Å²) in [6.07, 6.45) is 7.89. The number of aromatic nitrogens is 2. The largest absolute Gasteiger partial charge is 0.419 e. The molecule has 6 nitrogen and oxygen atoms in total. The van der Waals surface area contributed by atoms with Crippen LogP contribution in [0.25, 0.3) is 11.5 Å². The van der Waals surface area contributed by atoms with Gasteiger partial charge in [-0.2, -0.15) is 0 Å². The van der Waals surface area contributed by atoms with Crippen LogP contribution in [-0.4, -0.2) is 47.4 Å².